The molecule has 0 spiro atoms. The lowest BCUT2D eigenvalue weighted by molar-refractivity contribution is -0.139. The Morgan fingerprint density at radius 2 is 1.89 bits per heavy atom. The van der Waals surface area contributed by atoms with Crippen LogP contribution in [0.5, 0.6) is 0 Å². The zero-order valence-corrected chi connectivity index (χ0v) is 12.5. The van der Waals surface area contributed by atoms with Crippen LogP contribution in [0.4, 0.5) is 0 Å². The average molecular weight is 279 g/mol. The van der Waals surface area contributed by atoms with Crippen molar-refractivity contribution in [1.82, 2.24) is 5.32 Å². The fourth-order valence-corrected chi connectivity index (χ4v) is 3.18. The molecule has 1 N–H and O–H groups in total. The minimum absolute atomic E-state index is 0.121. The minimum atomic E-state index is -3.46. The summed E-state index contributed by atoms with van der Waals surface area (Å²) in [6.45, 7) is 8.24. The Bertz CT molecular complexity index is 340. The summed E-state index contributed by atoms with van der Waals surface area (Å²) in [6, 6.07) is -0.121. The van der Waals surface area contributed by atoms with Gasteiger partial charge in [0, 0.05) is 6.04 Å². The quantitative estimate of drug-likeness (QED) is 0.641. The summed E-state index contributed by atoms with van der Waals surface area (Å²) in [6.07, 6.45) is 1.66. The zero-order valence-electron chi connectivity index (χ0n) is 11.7. The highest BCUT2D eigenvalue weighted by Crippen LogP contribution is 2.11. The Labute approximate surface area is 110 Å². The molecule has 0 radical (unpaired) electrons. The molecule has 0 fully saturated rings. The second-order valence-corrected chi connectivity index (χ2v) is 6.64. The third kappa shape index (κ3) is 5.82. The van der Waals surface area contributed by atoms with Gasteiger partial charge in [0.05, 0.1) is 11.9 Å². The molecular weight excluding hydrogens is 254 g/mol. The lowest BCUT2D eigenvalue weighted by atomic mass is 10.1. The molecule has 2 unspecified atom stereocenters. The predicted molar refractivity (Wildman–Crippen MR) is 72.3 cm³/mol. The first-order valence-electron chi connectivity index (χ1n) is 6.49. The van der Waals surface area contributed by atoms with Crippen LogP contribution in [-0.4, -0.2) is 44.6 Å². The van der Waals surface area contributed by atoms with Crippen LogP contribution in [0, 0.1) is 0 Å². The Balaban J connectivity index is 4.60. The topological polar surface area (TPSA) is 72.5 Å². The molecule has 0 aromatic heterocycles. The highest BCUT2D eigenvalue weighted by atomic mass is 32.2. The van der Waals surface area contributed by atoms with E-state index in [0.29, 0.717) is 6.42 Å². The molecule has 5 nitrogen and oxygen atoms in total. The lowest BCUT2D eigenvalue weighted by Gasteiger charge is -2.23. The van der Waals surface area contributed by atoms with Crippen LogP contribution in [0.1, 0.15) is 40.5 Å². The summed E-state index contributed by atoms with van der Waals surface area (Å²) in [5.74, 6) is -1.21. The summed E-state index contributed by atoms with van der Waals surface area (Å²) < 4.78 is 28.8. The molecule has 0 heterocycles. The maximum absolute atomic E-state index is 12.0. The fourth-order valence-electron chi connectivity index (χ4n) is 1.72. The van der Waals surface area contributed by atoms with Crippen molar-refractivity contribution in [3.63, 3.8) is 0 Å². The highest BCUT2D eigenvalue weighted by Gasteiger charge is 2.30. The third-order valence-corrected chi connectivity index (χ3v) is 4.95. The number of ether oxygens (including phenoxy) is 1. The van der Waals surface area contributed by atoms with Crippen molar-refractivity contribution in [1.29, 1.82) is 0 Å². The number of hydrogen-bond acceptors (Lipinski definition) is 5. The van der Waals surface area contributed by atoms with Gasteiger partial charge in [-0.25, -0.2) is 8.42 Å². The number of sulfone groups is 1. The molecule has 6 heteroatoms. The molecule has 0 aliphatic carbocycles. The van der Waals surface area contributed by atoms with Gasteiger partial charge in [-0.05, 0) is 33.2 Å². The molecule has 0 amide bonds. The summed E-state index contributed by atoms with van der Waals surface area (Å²) in [4.78, 5) is 11.3. The van der Waals surface area contributed by atoms with Gasteiger partial charge in [-0.1, -0.05) is 13.8 Å². The van der Waals surface area contributed by atoms with Crippen LogP contribution < -0.4 is 5.32 Å². The first kappa shape index (κ1) is 17.4. The van der Waals surface area contributed by atoms with E-state index in [1.165, 1.54) is 0 Å². The lowest BCUT2D eigenvalue weighted by Crippen LogP contribution is -2.44. The van der Waals surface area contributed by atoms with Gasteiger partial charge in [0.15, 0.2) is 9.84 Å². The molecule has 0 aromatic rings. The number of carbonyl (C=O) groups is 1. The first-order chi connectivity index (χ1) is 8.38. The number of nitrogens with one attached hydrogen (secondary N) is 1. The fraction of sp³-hybridized carbons (Fsp3) is 0.917. The largest absolute Gasteiger partial charge is 0.465 e. The van der Waals surface area contributed by atoms with Crippen LogP contribution in [0.25, 0.3) is 0 Å². The molecule has 0 aliphatic rings. The standard InChI is InChI=1S/C12H25NO4S/c1-5-8-13-11(6-2)10(4)18(15,16)9-12(14)17-7-3/h10-11,13H,5-9H2,1-4H3. The number of carbonyl (C=O) groups excluding carboxylic acids is 1. The Morgan fingerprint density at radius 3 is 2.33 bits per heavy atom. The minimum Gasteiger partial charge on any atom is -0.465 e. The Kier molecular flexibility index (Phi) is 8.18. The van der Waals surface area contributed by atoms with Crippen molar-refractivity contribution in [2.75, 3.05) is 18.9 Å². The van der Waals surface area contributed by atoms with Gasteiger partial charge in [-0.15, -0.1) is 0 Å². The van der Waals surface area contributed by atoms with Crippen molar-refractivity contribution in [3.8, 4) is 0 Å². The Morgan fingerprint density at radius 1 is 1.28 bits per heavy atom. The molecule has 0 saturated heterocycles. The van der Waals surface area contributed by atoms with Gasteiger partial charge < -0.3 is 10.1 Å². The van der Waals surface area contributed by atoms with E-state index < -0.39 is 26.8 Å². The molecule has 0 saturated carbocycles. The van der Waals surface area contributed by atoms with Crippen LogP contribution in [-0.2, 0) is 19.4 Å². The summed E-state index contributed by atoms with van der Waals surface area (Å²) in [5.41, 5.74) is 0. The van der Waals surface area contributed by atoms with Gasteiger partial charge in [0.1, 0.15) is 5.75 Å². The van der Waals surface area contributed by atoms with Crippen molar-refractivity contribution in [3.05, 3.63) is 0 Å². The SMILES string of the molecule is CCCNC(CC)C(C)S(=O)(=O)CC(=O)OCC. The summed E-state index contributed by atoms with van der Waals surface area (Å²) >= 11 is 0. The van der Waals surface area contributed by atoms with E-state index in [1.807, 2.05) is 13.8 Å². The molecule has 108 valence electrons. The normalized spacial score (nSPS) is 15.1. The molecule has 0 rings (SSSR count). The number of rotatable bonds is 9. The van der Waals surface area contributed by atoms with E-state index in [4.69, 9.17) is 0 Å². The van der Waals surface area contributed by atoms with Crippen LogP contribution >= 0.6 is 0 Å². The predicted octanol–water partition coefficient (Wildman–Crippen LogP) is 1.13. The van der Waals surface area contributed by atoms with Crippen LogP contribution in [0.15, 0.2) is 0 Å². The van der Waals surface area contributed by atoms with E-state index >= 15 is 0 Å². The van der Waals surface area contributed by atoms with Crippen LogP contribution in [0.2, 0.25) is 0 Å². The van der Waals surface area contributed by atoms with E-state index in [1.54, 1.807) is 13.8 Å². The van der Waals surface area contributed by atoms with Gasteiger partial charge >= 0.3 is 5.97 Å². The smallest absolute Gasteiger partial charge is 0.321 e. The first-order valence-corrected chi connectivity index (χ1v) is 8.21. The Hall–Kier alpha value is -0.620. The van der Waals surface area contributed by atoms with Gasteiger partial charge in [0.2, 0.25) is 0 Å². The monoisotopic (exact) mass is 279 g/mol. The van der Waals surface area contributed by atoms with E-state index in [2.05, 4.69) is 10.1 Å². The zero-order chi connectivity index (χ0) is 14.2. The highest BCUT2D eigenvalue weighted by molar-refractivity contribution is 7.92. The molecule has 0 aromatic carbocycles. The van der Waals surface area contributed by atoms with E-state index in [9.17, 15) is 13.2 Å². The van der Waals surface area contributed by atoms with Crippen molar-refractivity contribution >= 4 is 15.8 Å². The molecular formula is C12H25NO4S. The van der Waals surface area contributed by atoms with Gasteiger partial charge in [-0.2, -0.15) is 0 Å². The molecule has 0 bridgehead atoms. The molecule has 18 heavy (non-hydrogen) atoms. The maximum Gasteiger partial charge on any atom is 0.321 e. The van der Waals surface area contributed by atoms with Gasteiger partial charge in [0.25, 0.3) is 0 Å². The maximum atomic E-state index is 12.0. The molecule has 2 atom stereocenters. The average Bonchev–Trinajstić information content (AvgIpc) is 2.29. The molecule has 0 aliphatic heterocycles. The second-order valence-electron chi connectivity index (χ2n) is 4.29. The second kappa shape index (κ2) is 8.48. The van der Waals surface area contributed by atoms with E-state index in [0.717, 1.165) is 13.0 Å². The van der Waals surface area contributed by atoms with Crippen molar-refractivity contribution in [2.45, 2.75) is 51.8 Å². The van der Waals surface area contributed by atoms with E-state index in [-0.39, 0.29) is 12.6 Å². The van der Waals surface area contributed by atoms with Crippen LogP contribution in [0.3, 0.4) is 0 Å². The summed E-state index contributed by atoms with van der Waals surface area (Å²) in [5, 5.41) is 2.61. The van der Waals surface area contributed by atoms with Crippen molar-refractivity contribution < 1.29 is 17.9 Å². The third-order valence-electron chi connectivity index (χ3n) is 2.85. The number of hydrogen-bond donors (Lipinski definition) is 1. The van der Waals surface area contributed by atoms with Crippen molar-refractivity contribution in [2.24, 2.45) is 0 Å². The number of esters is 1. The van der Waals surface area contributed by atoms with Gasteiger partial charge in [-0.3, -0.25) is 4.79 Å². The summed E-state index contributed by atoms with van der Waals surface area (Å²) in [7, 11) is -3.46.